The van der Waals surface area contributed by atoms with Crippen LogP contribution in [0.15, 0.2) is 0 Å². The van der Waals surface area contributed by atoms with Crippen LogP contribution < -0.4 is 4.90 Å². The predicted molar refractivity (Wildman–Crippen MR) is 77.7 cm³/mol. The summed E-state index contributed by atoms with van der Waals surface area (Å²) >= 11 is 0. The summed E-state index contributed by atoms with van der Waals surface area (Å²) in [5, 5.41) is 18.2. The van der Waals surface area contributed by atoms with Crippen LogP contribution in [0.5, 0.6) is 0 Å². The Balaban J connectivity index is 2.39. The lowest BCUT2D eigenvalue weighted by Crippen LogP contribution is -2.43. The molecule has 1 atom stereocenters. The summed E-state index contributed by atoms with van der Waals surface area (Å²) in [5.41, 5.74) is 2.67. The first-order valence-electron chi connectivity index (χ1n) is 7.40. The molecule has 108 valence electrons. The van der Waals surface area contributed by atoms with Gasteiger partial charge >= 0.3 is 0 Å². The van der Waals surface area contributed by atoms with Gasteiger partial charge in [0.2, 0.25) is 0 Å². The molecule has 1 aromatic rings. The molecule has 0 radical (unpaired) electrons. The molecule has 5 heteroatoms. The molecule has 0 aromatic carbocycles. The van der Waals surface area contributed by atoms with E-state index in [-0.39, 0.29) is 6.10 Å². The summed E-state index contributed by atoms with van der Waals surface area (Å²) in [4.78, 5) is 2.14. The highest BCUT2D eigenvalue weighted by Crippen LogP contribution is 2.25. The van der Waals surface area contributed by atoms with E-state index in [4.69, 9.17) is 4.74 Å². The van der Waals surface area contributed by atoms with Crippen molar-refractivity contribution in [1.82, 2.24) is 10.2 Å². The lowest BCUT2D eigenvalue weighted by atomic mass is 10.0. The summed E-state index contributed by atoms with van der Waals surface area (Å²) in [6, 6.07) is 2.33. The van der Waals surface area contributed by atoms with E-state index in [9.17, 15) is 5.26 Å². The Kier molecular flexibility index (Phi) is 4.91. The van der Waals surface area contributed by atoms with Crippen LogP contribution in [0.1, 0.15) is 44.0 Å². The van der Waals surface area contributed by atoms with E-state index >= 15 is 0 Å². The van der Waals surface area contributed by atoms with E-state index in [0.717, 1.165) is 49.4 Å². The van der Waals surface area contributed by atoms with Crippen LogP contribution in [0, 0.1) is 11.3 Å². The second-order valence-corrected chi connectivity index (χ2v) is 4.99. The first kappa shape index (κ1) is 14.7. The monoisotopic (exact) mass is 274 g/mol. The molecule has 0 spiro atoms. The van der Waals surface area contributed by atoms with Gasteiger partial charge in [-0.3, -0.25) is 0 Å². The number of hydrogen-bond acceptors (Lipinski definition) is 5. The topological polar surface area (TPSA) is 62.0 Å². The molecule has 1 aliphatic heterocycles. The van der Waals surface area contributed by atoms with E-state index in [1.165, 1.54) is 0 Å². The highest BCUT2D eigenvalue weighted by atomic mass is 16.5. The predicted octanol–water partition coefficient (Wildman–Crippen LogP) is 2.09. The van der Waals surface area contributed by atoms with Crippen molar-refractivity contribution in [3.05, 3.63) is 16.8 Å². The molecule has 0 bridgehead atoms. The summed E-state index contributed by atoms with van der Waals surface area (Å²) in [6.07, 6.45) is 2.81. The molecule has 0 saturated carbocycles. The van der Waals surface area contributed by atoms with Gasteiger partial charge in [0.25, 0.3) is 0 Å². The zero-order chi connectivity index (χ0) is 14.5. The van der Waals surface area contributed by atoms with E-state index in [1.807, 2.05) is 6.92 Å². The highest BCUT2D eigenvalue weighted by molar-refractivity contribution is 5.58. The van der Waals surface area contributed by atoms with Crippen LogP contribution >= 0.6 is 0 Å². The number of anilines is 1. The molecular weight excluding hydrogens is 252 g/mol. The molecule has 0 amide bonds. The number of nitriles is 1. The Morgan fingerprint density at radius 3 is 2.70 bits per heavy atom. The summed E-state index contributed by atoms with van der Waals surface area (Å²) < 4.78 is 5.68. The lowest BCUT2D eigenvalue weighted by Gasteiger charge is -2.33. The summed E-state index contributed by atoms with van der Waals surface area (Å²) in [6.45, 7) is 8.47. The molecule has 1 unspecified atom stereocenters. The molecule has 2 rings (SSSR count). The van der Waals surface area contributed by atoms with Crippen LogP contribution in [0.4, 0.5) is 5.82 Å². The van der Waals surface area contributed by atoms with E-state index in [2.05, 4.69) is 35.0 Å². The van der Waals surface area contributed by atoms with Gasteiger partial charge in [0, 0.05) is 13.1 Å². The van der Waals surface area contributed by atoms with Crippen molar-refractivity contribution >= 4 is 5.82 Å². The number of aromatic nitrogens is 2. The largest absolute Gasteiger partial charge is 0.375 e. The van der Waals surface area contributed by atoms with Gasteiger partial charge < -0.3 is 9.64 Å². The van der Waals surface area contributed by atoms with Crippen molar-refractivity contribution in [2.75, 3.05) is 24.6 Å². The maximum Gasteiger partial charge on any atom is 0.169 e. The van der Waals surface area contributed by atoms with Gasteiger partial charge in [-0.05, 0) is 24.8 Å². The van der Waals surface area contributed by atoms with Gasteiger partial charge in [0.05, 0.1) is 18.4 Å². The van der Waals surface area contributed by atoms with Crippen LogP contribution in [0.2, 0.25) is 0 Å². The third kappa shape index (κ3) is 2.75. The highest BCUT2D eigenvalue weighted by Gasteiger charge is 2.24. The molecule has 1 fully saturated rings. The number of hydrogen-bond donors (Lipinski definition) is 0. The fourth-order valence-corrected chi connectivity index (χ4v) is 2.66. The molecule has 0 N–H and O–H groups in total. The average Bonchev–Trinajstić information content (AvgIpc) is 2.53. The third-order valence-electron chi connectivity index (χ3n) is 3.83. The van der Waals surface area contributed by atoms with Gasteiger partial charge in [-0.15, -0.1) is 5.10 Å². The maximum atomic E-state index is 9.53. The van der Waals surface area contributed by atoms with Crippen molar-refractivity contribution in [3.8, 4) is 6.07 Å². The Morgan fingerprint density at radius 1 is 1.30 bits per heavy atom. The number of rotatable bonds is 4. The molecule has 1 aliphatic rings. The minimum absolute atomic E-state index is 0.216. The van der Waals surface area contributed by atoms with E-state index < -0.39 is 0 Å². The van der Waals surface area contributed by atoms with Crippen LogP contribution in [-0.2, 0) is 17.6 Å². The van der Waals surface area contributed by atoms with Crippen LogP contribution in [0.3, 0.4) is 0 Å². The number of ether oxygens (including phenoxy) is 1. The number of morpholine rings is 1. The van der Waals surface area contributed by atoms with E-state index in [0.29, 0.717) is 12.2 Å². The number of aryl methyl sites for hydroxylation is 1. The SMILES string of the molecule is CCc1nnc(N2CCOC(CC)C2)c(C#N)c1CC. The molecular formula is C15H22N4O. The maximum absolute atomic E-state index is 9.53. The first-order valence-corrected chi connectivity index (χ1v) is 7.40. The average molecular weight is 274 g/mol. The van der Waals surface area contributed by atoms with Crippen molar-refractivity contribution in [2.45, 2.75) is 46.1 Å². The van der Waals surface area contributed by atoms with Crippen LogP contribution in [-0.4, -0.2) is 36.0 Å². The Morgan fingerprint density at radius 2 is 2.10 bits per heavy atom. The van der Waals surface area contributed by atoms with Crippen molar-refractivity contribution in [1.29, 1.82) is 5.26 Å². The van der Waals surface area contributed by atoms with Gasteiger partial charge in [-0.2, -0.15) is 10.4 Å². The van der Waals surface area contributed by atoms with Gasteiger partial charge in [-0.1, -0.05) is 20.8 Å². The fourth-order valence-electron chi connectivity index (χ4n) is 2.66. The minimum Gasteiger partial charge on any atom is -0.375 e. The molecule has 20 heavy (non-hydrogen) atoms. The van der Waals surface area contributed by atoms with Crippen LogP contribution in [0.25, 0.3) is 0 Å². The molecule has 1 saturated heterocycles. The molecule has 2 heterocycles. The Labute approximate surface area is 120 Å². The second kappa shape index (κ2) is 6.67. The van der Waals surface area contributed by atoms with Gasteiger partial charge in [0.1, 0.15) is 11.6 Å². The standard InChI is InChI=1S/C15H22N4O/c1-4-11-10-19(7-8-20-11)15-13(9-16)12(5-2)14(6-3)17-18-15/h11H,4-8,10H2,1-3H3. The third-order valence-corrected chi connectivity index (χ3v) is 3.83. The smallest absolute Gasteiger partial charge is 0.169 e. The molecule has 1 aromatic heterocycles. The van der Waals surface area contributed by atoms with Gasteiger partial charge in [0.15, 0.2) is 5.82 Å². The quantitative estimate of drug-likeness (QED) is 0.841. The van der Waals surface area contributed by atoms with Crippen molar-refractivity contribution < 1.29 is 4.74 Å². The van der Waals surface area contributed by atoms with Crippen molar-refractivity contribution in [2.24, 2.45) is 0 Å². The second-order valence-electron chi connectivity index (χ2n) is 4.99. The lowest BCUT2D eigenvalue weighted by molar-refractivity contribution is 0.0381. The minimum atomic E-state index is 0.216. The fraction of sp³-hybridized carbons (Fsp3) is 0.667. The Bertz CT molecular complexity index is 509. The normalized spacial score (nSPS) is 18.9. The summed E-state index contributed by atoms with van der Waals surface area (Å²) in [7, 11) is 0. The zero-order valence-electron chi connectivity index (χ0n) is 12.5. The Hall–Kier alpha value is -1.67. The van der Waals surface area contributed by atoms with Gasteiger partial charge in [-0.25, -0.2) is 0 Å². The zero-order valence-corrected chi connectivity index (χ0v) is 12.5. The number of nitrogens with zero attached hydrogens (tertiary/aromatic N) is 4. The van der Waals surface area contributed by atoms with Crippen molar-refractivity contribution in [3.63, 3.8) is 0 Å². The first-order chi connectivity index (χ1) is 9.74. The molecule has 0 aliphatic carbocycles. The molecule has 5 nitrogen and oxygen atoms in total. The summed E-state index contributed by atoms with van der Waals surface area (Å²) in [5.74, 6) is 0.725. The van der Waals surface area contributed by atoms with E-state index in [1.54, 1.807) is 0 Å².